The zero-order valence-electron chi connectivity index (χ0n) is 80.2. The summed E-state index contributed by atoms with van der Waals surface area (Å²) in [7, 11) is 0. The van der Waals surface area contributed by atoms with Gasteiger partial charge in [0.15, 0.2) is 11.4 Å². The topological polar surface area (TPSA) is 28.4 Å². The highest BCUT2D eigenvalue weighted by Gasteiger charge is 2.37. The smallest absolute Gasteiger partial charge is 0.310 e. The zero-order chi connectivity index (χ0) is 98.8. The summed E-state index contributed by atoms with van der Waals surface area (Å²) in [6, 6.07) is 138. The highest BCUT2D eigenvalue weighted by molar-refractivity contribution is 6.17. The molecular formula is C132H92F6N6. The zero-order valence-corrected chi connectivity index (χ0v) is 80.2. The summed E-state index contributed by atoms with van der Waals surface area (Å²) in [5.74, 6) is 0. The van der Waals surface area contributed by atoms with Crippen molar-refractivity contribution in [1.82, 2.24) is 18.3 Å². The van der Waals surface area contributed by atoms with Crippen LogP contribution in [0, 0.1) is 68.5 Å². The SMILES string of the molecule is [C-]#[N+]c1cccc(-n2c3ccc(-c4cccc(C)c4)cc3c3cc(-c4cccc(C)c4)ccc32)c1-c1cc(-c2c(C)cccc2C(F)(F)F)ccc1-n1c2ccc(-c3cccc(C)c3)cc2c2cc(-c3cccc(C)c3)ccc21.[C-]#[N+]c1cccc(-n2c3ccccc3c3cc(-c4ccc(C)cc4)ccc32)c1-c1cc(-c2c(C)cccc2C(F)(F)F)ccc1-n1c2ccccc2c2cc(-c3ccc(C)cc3)ccc21. The second kappa shape index (κ2) is 35.8. The minimum atomic E-state index is -4.63. The van der Waals surface area contributed by atoms with Crippen molar-refractivity contribution in [2.45, 2.75) is 67.7 Å². The van der Waals surface area contributed by atoms with Crippen molar-refractivity contribution in [3.63, 3.8) is 0 Å². The fourth-order valence-corrected chi connectivity index (χ4v) is 21.8. The standard InChI is InChI=1S/C73H52F3N3.C59H40F3N3/c1-44-13-7-18-49(35-44)53-25-30-65-58(39-53)59-40-54(50-19-8-14-45(2)36-50)26-31-66(59)78(65)69-34-29-57(71-48(5)17-11-22-63(71)73(74,75)76)43-62(69)72-64(77-6)23-12-24-70(72)79-67-32-27-55(51-20-9-15-46(3)37-51)41-60(67)61-42-56(28-33-68(61)79)52-21-10-16-47(4)38-52;1-36-19-23-39(24-20-36)41-27-30-53-46(33-41)44-12-5-7-16-51(44)64(53)55-32-29-43(57-38(3)11-9-14-49(57)59(60,61)62)35-48(55)58-50(63-4)15-10-18-56(58)65-52-17-8-6-13-45(52)47-34-42(28-31-54(47)65)40-25-21-37(2)22-26-40/h7-43H,1-5H3;5-35H,1-3H3. The van der Waals surface area contributed by atoms with E-state index in [0.717, 1.165) is 211 Å². The lowest BCUT2D eigenvalue weighted by Gasteiger charge is -2.22. The summed E-state index contributed by atoms with van der Waals surface area (Å²) in [4.78, 5) is 8.44. The maximum Gasteiger partial charge on any atom is 0.417 e. The Bertz CT molecular complexity index is 9280. The minimum absolute atomic E-state index is 0.0988. The number of fused-ring (bicyclic) bond motifs is 12. The number of alkyl halides is 6. The Morgan fingerprint density at radius 3 is 0.736 bits per heavy atom. The Hall–Kier alpha value is -17.8. The van der Waals surface area contributed by atoms with Crippen LogP contribution >= 0.6 is 0 Å². The van der Waals surface area contributed by atoms with Crippen LogP contribution in [-0.4, -0.2) is 18.3 Å². The Morgan fingerprint density at radius 1 is 0.188 bits per heavy atom. The first-order valence-electron chi connectivity index (χ1n) is 48.2. The summed E-state index contributed by atoms with van der Waals surface area (Å²) in [5.41, 5.74) is 34.2. The summed E-state index contributed by atoms with van der Waals surface area (Å²) in [5, 5.41) is 8.27. The molecule has 0 spiro atoms. The Morgan fingerprint density at radius 2 is 0.438 bits per heavy atom. The molecule has 0 fully saturated rings. The van der Waals surface area contributed by atoms with E-state index in [1.807, 2.05) is 84.9 Å². The molecule has 24 aromatic rings. The summed E-state index contributed by atoms with van der Waals surface area (Å²) < 4.78 is 99.5. The first-order valence-corrected chi connectivity index (χ1v) is 48.2. The number of halogens is 6. The lowest BCUT2D eigenvalue weighted by molar-refractivity contribution is -0.137. The van der Waals surface area contributed by atoms with Crippen LogP contribution in [0.25, 0.3) is 231 Å². The van der Waals surface area contributed by atoms with Gasteiger partial charge in [-0.15, -0.1) is 0 Å². The number of nitrogens with zero attached hydrogens (tertiary/aromatic N) is 6. The van der Waals surface area contributed by atoms with Crippen LogP contribution in [0.5, 0.6) is 0 Å². The fourth-order valence-electron chi connectivity index (χ4n) is 21.8. The monoisotopic (exact) mass is 1870 g/mol. The van der Waals surface area contributed by atoms with Gasteiger partial charge in [0.1, 0.15) is 0 Å². The summed E-state index contributed by atoms with van der Waals surface area (Å²) >= 11 is 0. The molecule has 0 amide bonds. The molecule has 0 atom stereocenters. The minimum Gasteiger partial charge on any atom is -0.310 e. The number of para-hydroxylation sites is 2. The van der Waals surface area contributed by atoms with E-state index in [-0.39, 0.29) is 11.1 Å². The van der Waals surface area contributed by atoms with Crippen molar-refractivity contribution in [1.29, 1.82) is 0 Å². The van der Waals surface area contributed by atoms with Gasteiger partial charge in [-0.2, -0.15) is 26.3 Å². The molecule has 0 radical (unpaired) electrons. The Kier molecular flexibility index (Phi) is 22.4. The average molecular weight is 1880 g/mol. The van der Waals surface area contributed by atoms with Crippen molar-refractivity contribution >= 4 is 98.6 Å². The number of aromatic nitrogens is 4. The quantitative estimate of drug-likeness (QED) is 0.0767. The molecule has 0 aliphatic heterocycles. The predicted molar refractivity (Wildman–Crippen MR) is 585 cm³/mol. The van der Waals surface area contributed by atoms with Gasteiger partial charge in [-0.1, -0.05) is 312 Å². The molecule has 0 aliphatic rings. The third-order valence-electron chi connectivity index (χ3n) is 28.6. The molecule has 4 heterocycles. The predicted octanol–water partition coefficient (Wildman–Crippen LogP) is 38.0. The maximum atomic E-state index is 15.3. The normalized spacial score (nSPS) is 11.8. The van der Waals surface area contributed by atoms with Gasteiger partial charge in [0.05, 0.1) is 79.8 Å². The van der Waals surface area contributed by atoms with Crippen LogP contribution in [0.4, 0.5) is 37.7 Å². The van der Waals surface area contributed by atoms with Crippen molar-refractivity contribution in [2.75, 3.05) is 0 Å². The molecule has 0 N–H and O–H groups in total. The number of aryl methyl sites for hydroxylation is 8. The molecule has 0 saturated carbocycles. The summed E-state index contributed by atoms with van der Waals surface area (Å²) in [6.07, 6.45) is -9.23. The van der Waals surface area contributed by atoms with Gasteiger partial charge in [0, 0.05) is 65.6 Å². The molecule has 0 saturated heterocycles. The van der Waals surface area contributed by atoms with E-state index < -0.39 is 23.5 Å². The van der Waals surface area contributed by atoms with E-state index in [4.69, 9.17) is 13.1 Å². The number of hydrogen-bond donors (Lipinski definition) is 0. The molecular weight excluding hydrogens is 1780 g/mol. The van der Waals surface area contributed by atoms with Crippen LogP contribution < -0.4 is 0 Å². The Balaban J connectivity index is 0.000000162. The van der Waals surface area contributed by atoms with Crippen LogP contribution in [0.15, 0.2) is 413 Å². The van der Waals surface area contributed by atoms with Gasteiger partial charge >= 0.3 is 12.4 Å². The average Bonchev–Trinajstić information content (AvgIpc) is 1.56. The highest BCUT2D eigenvalue weighted by atomic mass is 19.4. The molecule has 0 bridgehead atoms. The Labute approximate surface area is 830 Å². The molecule has 0 unspecified atom stereocenters. The first-order chi connectivity index (χ1) is 69.9. The summed E-state index contributed by atoms with van der Waals surface area (Å²) in [6.45, 7) is 33.6. The molecule has 20 aromatic carbocycles. The molecule has 24 rings (SSSR count). The fraction of sp³-hybridized carbons (Fsp3) is 0.0758. The van der Waals surface area contributed by atoms with Gasteiger partial charge in [0.25, 0.3) is 0 Å². The number of rotatable bonds is 14. The van der Waals surface area contributed by atoms with Crippen LogP contribution in [0.3, 0.4) is 0 Å². The molecule has 4 aromatic heterocycles. The van der Waals surface area contributed by atoms with E-state index in [2.05, 4.69) is 349 Å². The van der Waals surface area contributed by atoms with Gasteiger partial charge in [-0.25, -0.2) is 9.69 Å². The third-order valence-corrected chi connectivity index (χ3v) is 28.6. The third kappa shape index (κ3) is 15.9. The second-order valence-corrected chi connectivity index (χ2v) is 38.0. The van der Waals surface area contributed by atoms with Crippen LogP contribution in [-0.2, 0) is 12.4 Å². The lowest BCUT2D eigenvalue weighted by atomic mass is 9.90. The second-order valence-electron chi connectivity index (χ2n) is 38.0. The van der Waals surface area contributed by atoms with Crippen molar-refractivity contribution in [3.8, 4) is 134 Å². The maximum absolute atomic E-state index is 15.3. The molecule has 6 nitrogen and oxygen atoms in total. The molecule has 144 heavy (non-hydrogen) atoms. The van der Waals surface area contributed by atoms with Gasteiger partial charge < -0.3 is 18.3 Å². The van der Waals surface area contributed by atoms with Gasteiger partial charge in [0.2, 0.25) is 0 Å². The van der Waals surface area contributed by atoms with E-state index in [9.17, 15) is 13.2 Å². The van der Waals surface area contributed by atoms with Crippen LogP contribution in [0.1, 0.15) is 55.6 Å². The molecule has 12 heteroatoms. The van der Waals surface area contributed by atoms with E-state index >= 15 is 13.2 Å². The van der Waals surface area contributed by atoms with Gasteiger partial charge in [-0.3, -0.25) is 0 Å². The molecule has 692 valence electrons. The van der Waals surface area contributed by atoms with Crippen molar-refractivity contribution in [3.05, 3.63) is 491 Å². The lowest BCUT2D eigenvalue weighted by Crippen LogP contribution is -2.08. The van der Waals surface area contributed by atoms with Crippen molar-refractivity contribution in [2.24, 2.45) is 0 Å². The van der Waals surface area contributed by atoms with Crippen molar-refractivity contribution < 1.29 is 26.3 Å². The van der Waals surface area contributed by atoms with E-state index in [1.54, 1.807) is 38.1 Å². The highest BCUT2D eigenvalue weighted by Crippen LogP contribution is 2.53. The number of benzene rings is 20. The number of hydrogen-bond acceptors (Lipinski definition) is 0. The first kappa shape index (κ1) is 90.0. The largest absolute Gasteiger partial charge is 0.417 e. The van der Waals surface area contributed by atoms with E-state index in [0.29, 0.717) is 55.9 Å². The molecule has 0 aliphatic carbocycles. The van der Waals surface area contributed by atoms with Gasteiger partial charge in [-0.05, 0) is 300 Å². The van der Waals surface area contributed by atoms with E-state index in [1.165, 1.54) is 23.3 Å². The van der Waals surface area contributed by atoms with Crippen LogP contribution in [0.2, 0.25) is 0 Å².